The number of amides is 2. The van der Waals surface area contributed by atoms with Crippen molar-refractivity contribution in [3.63, 3.8) is 0 Å². The molecule has 0 fully saturated rings. The van der Waals surface area contributed by atoms with Crippen LogP contribution < -0.4 is 21.7 Å². The van der Waals surface area contributed by atoms with E-state index in [9.17, 15) is 14.0 Å². The predicted octanol–water partition coefficient (Wildman–Crippen LogP) is 3.64. The second kappa shape index (κ2) is 10.1. The molecule has 0 bridgehead atoms. The minimum absolute atomic E-state index is 0.0393. The standard InChI is InChI=1S/C25H24ClFN4O2/c26-18-8-9-21-19(11-18)24(16-6-3-4-15(10-16)13-28)30-22(25(33)31-21)12-23(32)29-14-17-5-1-2-7-20(17)27/h1-11,22,24,30H,12-14,28H2,(H,29,32)(H,31,33)/t22-,24-/m0/s1. The van der Waals surface area contributed by atoms with Gasteiger partial charge in [-0.1, -0.05) is 54.1 Å². The second-order valence-corrected chi connectivity index (χ2v) is 8.33. The lowest BCUT2D eigenvalue weighted by Crippen LogP contribution is -2.43. The van der Waals surface area contributed by atoms with Crippen molar-refractivity contribution >= 4 is 29.1 Å². The van der Waals surface area contributed by atoms with Gasteiger partial charge in [-0.15, -0.1) is 0 Å². The van der Waals surface area contributed by atoms with Crippen LogP contribution in [0.5, 0.6) is 0 Å². The highest BCUT2D eigenvalue weighted by Crippen LogP contribution is 2.34. The van der Waals surface area contributed by atoms with Crippen molar-refractivity contribution in [3.05, 3.63) is 99.8 Å². The number of fused-ring (bicyclic) bond motifs is 1. The maximum Gasteiger partial charge on any atom is 0.242 e. The molecule has 1 aliphatic rings. The number of halogens is 2. The highest BCUT2D eigenvalue weighted by Gasteiger charge is 2.32. The first-order valence-corrected chi connectivity index (χ1v) is 11.0. The zero-order valence-corrected chi connectivity index (χ0v) is 18.5. The van der Waals surface area contributed by atoms with E-state index in [1.165, 1.54) is 6.07 Å². The molecule has 0 spiro atoms. The zero-order chi connectivity index (χ0) is 23.4. The Morgan fingerprint density at radius 3 is 2.70 bits per heavy atom. The average Bonchev–Trinajstić information content (AvgIpc) is 2.95. The number of anilines is 1. The number of benzene rings is 3. The summed E-state index contributed by atoms with van der Waals surface area (Å²) in [7, 11) is 0. The van der Waals surface area contributed by atoms with E-state index in [4.69, 9.17) is 17.3 Å². The molecule has 0 saturated carbocycles. The van der Waals surface area contributed by atoms with E-state index >= 15 is 0 Å². The second-order valence-electron chi connectivity index (χ2n) is 7.89. The van der Waals surface area contributed by atoms with Gasteiger partial charge in [0.2, 0.25) is 11.8 Å². The molecule has 0 aliphatic carbocycles. The highest BCUT2D eigenvalue weighted by atomic mass is 35.5. The fourth-order valence-electron chi connectivity index (χ4n) is 3.89. The molecule has 0 aromatic heterocycles. The molecule has 0 saturated heterocycles. The van der Waals surface area contributed by atoms with Crippen molar-refractivity contribution < 1.29 is 14.0 Å². The van der Waals surface area contributed by atoms with Crippen molar-refractivity contribution in [2.75, 3.05) is 5.32 Å². The Kier molecular flexibility index (Phi) is 7.03. The summed E-state index contributed by atoms with van der Waals surface area (Å²) in [6, 6.07) is 18.0. The van der Waals surface area contributed by atoms with Gasteiger partial charge < -0.3 is 16.4 Å². The van der Waals surface area contributed by atoms with Gasteiger partial charge in [0.25, 0.3) is 0 Å². The van der Waals surface area contributed by atoms with Gasteiger partial charge in [-0.3, -0.25) is 14.9 Å². The van der Waals surface area contributed by atoms with E-state index in [0.29, 0.717) is 22.8 Å². The van der Waals surface area contributed by atoms with E-state index in [-0.39, 0.29) is 24.8 Å². The molecule has 2 amide bonds. The van der Waals surface area contributed by atoms with Gasteiger partial charge in [-0.05, 0) is 41.0 Å². The Balaban J connectivity index is 1.57. The highest BCUT2D eigenvalue weighted by molar-refractivity contribution is 6.30. The lowest BCUT2D eigenvalue weighted by atomic mass is 9.95. The van der Waals surface area contributed by atoms with Crippen LogP contribution in [0.25, 0.3) is 0 Å². The molecule has 4 rings (SSSR count). The molecular weight excluding hydrogens is 443 g/mol. The number of hydrogen-bond acceptors (Lipinski definition) is 4. The van der Waals surface area contributed by atoms with Gasteiger partial charge in [0.05, 0.1) is 18.5 Å². The van der Waals surface area contributed by atoms with E-state index in [1.807, 2.05) is 24.3 Å². The number of carbonyl (C=O) groups excluding carboxylic acids is 2. The molecule has 8 heteroatoms. The van der Waals surface area contributed by atoms with Crippen molar-refractivity contribution in [2.24, 2.45) is 5.73 Å². The largest absolute Gasteiger partial charge is 0.352 e. The van der Waals surface area contributed by atoms with Crippen LogP contribution in [0.1, 0.15) is 34.7 Å². The number of nitrogens with two attached hydrogens (primary N) is 1. The number of carbonyl (C=O) groups is 2. The average molecular weight is 467 g/mol. The third-order valence-electron chi connectivity index (χ3n) is 5.61. The van der Waals surface area contributed by atoms with Crippen molar-refractivity contribution in [1.82, 2.24) is 10.6 Å². The van der Waals surface area contributed by atoms with Crippen LogP contribution in [0.4, 0.5) is 10.1 Å². The van der Waals surface area contributed by atoms with E-state index in [2.05, 4.69) is 16.0 Å². The van der Waals surface area contributed by atoms with Crippen LogP contribution >= 0.6 is 11.6 Å². The van der Waals surface area contributed by atoms with Crippen molar-refractivity contribution in [1.29, 1.82) is 0 Å². The quantitative estimate of drug-likeness (QED) is 0.446. The minimum atomic E-state index is -0.816. The van der Waals surface area contributed by atoms with Gasteiger partial charge in [0.15, 0.2) is 0 Å². The summed E-state index contributed by atoms with van der Waals surface area (Å²) in [6.45, 7) is 0.416. The lowest BCUT2D eigenvalue weighted by Gasteiger charge is -2.23. The minimum Gasteiger partial charge on any atom is -0.352 e. The molecule has 33 heavy (non-hydrogen) atoms. The molecular formula is C25H24ClFN4O2. The fourth-order valence-corrected chi connectivity index (χ4v) is 4.07. The van der Waals surface area contributed by atoms with Crippen molar-refractivity contribution in [3.8, 4) is 0 Å². The molecule has 1 aliphatic heterocycles. The third kappa shape index (κ3) is 5.39. The molecule has 0 unspecified atom stereocenters. The van der Waals surface area contributed by atoms with Crippen LogP contribution in [-0.2, 0) is 22.7 Å². The molecule has 5 N–H and O–H groups in total. The summed E-state index contributed by atoms with van der Waals surface area (Å²) in [6.07, 6.45) is -0.116. The topological polar surface area (TPSA) is 96.2 Å². The summed E-state index contributed by atoms with van der Waals surface area (Å²) < 4.78 is 13.9. The van der Waals surface area contributed by atoms with Gasteiger partial charge in [-0.25, -0.2) is 4.39 Å². The van der Waals surface area contributed by atoms with Crippen LogP contribution in [0.2, 0.25) is 5.02 Å². The smallest absolute Gasteiger partial charge is 0.242 e. The summed E-state index contributed by atoms with van der Waals surface area (Å²) in [5, 5.41) is 9.43. The van der Waals surface area contributed by atoms with Gasteiger partial charge in [0, 0.05) is 29.4 Å². The molecule has 3 aromatic carbocycles. The zero-order valence-electron chi connectivity index (χ0n) is 17.8. The third-order valence-corrected chi connectivity index (χ3v) is 5.85. The first-order valence-electron chi connectivity index (χ1n) is 10.6. The van der Waals surface area contributed by atoms with Crippen LogP contribution in [0.3, 0.4) is 0 Å². The van der Waals surface area contributed by atoms with E-state index < -0.39 is 17.9 Å². The van der Waals surface area contributed by atoms with E-state index in [0.717, 1.165) is 16.7 Å². The van der Waals surface area contributed by atoms with Gasteiger partial charge in [-0.2, -0.15) is 0 Å². The molecule has 6 nitrogen and oxygen atoms in total. The van der Waals surface area contributed by atoms with Crippen LogP contribution in [0, 0.1) is 5.82 Å². The summed E-state index contributed by atoms with van der Waals surface area (Å²) in [5.74, 6) is -1.10. The summed E-state index contributed by atoms with van der Waals surface area (Å²) >= 11 is 6.26. The number of hydrogen-bond donors (Lipinski definition) is 4. The maximum absolute atomic E-state index is 13.9. The Morgan fingerprint density at radius 2 is 1.91 bits per heavy atom. The number of rotatable bonds is 6. The first-order chi connectivity index (χ1) is 15.9. The normalized spacial score (nSPS) is 17.6. The Bertz CT molecular complexity index is 1190. The van der Waals surface area contributed by atoms with Crippen molar-refractivity contribution in [2.45, 2.75) is 31.6 Å². The Labute approximate surface area is 196 Å². The Hall–Kier alpha value is -3.26. The molecule has 170 valence electrons. The monoisotopic (exact) mass is 466 g/mol. The molecule has 1 heterocycles. The van der Waals surface area contributed by atoms with Gasteiger partial charge >= 0.3 is 0 Å². The van der Waals surface area contributed by atoms with Gasteiger partial charge in [0.1, 0.15) is 5.82 Å². The maximum atomic E-state index is 13.9. The first kappa shape index (κ1) is 22.9. The Morgan fingerprint density at radius 1 is 1.09 bits per heavy atom. The van der Waals surface area contributed by atoms with Crippen LogP contribution in [0.15, 0.2) is 66.7 Å². The summed E-state index contributed by atoms with van der Waals surface area (Å²) in [4.78, 5) is 25.6. The molecule has 3 aromatic rings. The predicted molar refractivity (Wildman–Crippen MR) is 126 cm³/mol. The van der Waals surface area contributed by atoms with Crippen LogP contribution in [-0.4, -0.2) is 17.9 Å². The molecule has 0 radical (unpaired) electrons. The van der Waals surface area contributed by atoms with E-state index in [1.54, 1.807) is 36.4 Å². The fraction of sp³-hybridized carbons (Fsp3) is 0.200. The SMILES string of the molecule is NCc1cccc([C@@H]2N[C@@H](CC(=O)NCc3ccccc3F)C(=O)Nc3ccc(Cl)cc32)c1. The summed E-state index contributed by atoms with van der Waals surface area (Å²) in [5.41, 5.74) is 9.45. The molecule has 2 atom stereocenters. The lowest BCUT2D eigenvalue weighted by molar-refractivity contribution is -0.126. The number of nitrogens with one attached hydrogen (secondary N) is 3.